The van der Waals surface area contributed by atoms with E-state index in [0.29, 0.717) is 5.56 Å². The van der Waals surface area contributed by atoms with Crippen LogP contribution >= 0.6 is 0 Å². The first-order valence-electron chi connectivity index (χ1n) is 5.09. The molecule has 1 aromatic carbocycles. The van der Waals surface area contributed by atoms with Crippen LogP contribution in [0.4, 0.5) is 13.2 Å². The van der Waals surface area contributed by atoms with Crippen molar-refractivity contribution >= 4 is 9.84 Å². The fourth-order valence-corrected chi connectivity index (χ4v) is 2.59. The summed E-state index contributed by atoms with van der Waals surface area (Å²) >= 11 is 0. The van der Waals surface area contributed by atoms with Gasteiger partial charge in [0.25, 0.3) is 0 Å². The van der Waals surface area contributed by atoms with Crippen molar-refractivity contribution < 1.29 is 26.7 Å². The number of aliphatic hydroxyl groups is 1. The van der Waals surface area contributed by atoms with Gasteiger partial charge >= 0.3 is 6.18 Å². The summed E-state index contributed by atoms with van der Waals surface area (Å²) in [5.74, 6) is -1.00. The zero-order valence-corrected chi connectivity index (χ0v) is 10.4. The van der Waals surface area contributed by atoms with Crippen LogP contribution < -0.4 is 0 Å². The van der Waals surface area contributed by atoms with Gasteiger partial charge in [-0.3, -0.25) is 0 Å². The van der Waals surface area contributed by atoms with E-state index in [9.17, 15) is 21.6 Å². The van der Waals surface area contributed by atoms with Crippen molar-refractivity contribution in [3.05, 3.63) is 35.4 Å². The van der Waals surface area contributed by atoms with Gasteiger partial charge in [0.15, 0.2) is 0 Å². The van der Waals surface area contributed by atoms with E-state index in [4.69, 9.17) is 5.11 Å². The van der Waals surface area contributed by atoms with E-state index in [2.05, 4.69) is 0 Å². The summed E-state index contributed by atoms with van der Waals surface area (Å²) in [4.78, 5) is 0. The van der Waals surface area contributed by atoms with Gasteiger partial charge in [-0.25, -0.2) is 8.42 Å². The third-order valence-electron chi connectivity index (χ3n) is 2.43. The monoisotopic (exact) mass is 282 g/mol. The Morgan fingerprint density at radius 3 is 2.06 bits per heavy atom. The molecule has 0 heterocycles. The van der Waals surface area contributed by atoms with Crippen LogP contribution in [0.15, 0.2) is 24.3 Å². The number of rotatable bonds is 4. The van der Waals surface area contributed by atoms with Crippen LogP contribution in [0, 0.1) is 0 Å². The van der Waals surface area contributed by atoms with E-state index in [-0.39, 0.29) is 5.75 Å². The van der Waals surface area contributed by atoms with Crippen molar-refractivity contribution in [1.82, 2.24) is 0 Å². The molecule has 0 spiro atoms. The second kappa shape index (κ2) is 5.27. The lowest BCUT2D eigenvalue weighted by Crippen LogP contribution is -2.17. The van der Waals surface area contributed by atoms with Crippen LogP contribution in [0.1, 0.15) is 17.0 Å². The minimum Gasteiger partial charge on any atom is -0.396 e. The summed E-state index contributed by atoms with van der Waals surface area (Å²) in [6, 6.07) is 4.13. The maximum Gasteiger partial charge on any atom is 0.416 e. The Hall–Kier alpha value is -1.08. The number of alkyl halides is 3. The molecule has 0 radical (unpaired) electrons. The van der Waals surface area contributed by atoms with Crippen LogP contribution in [0.2, 0.25) is 0 Å². The number of sulfone groups is 1. The van der Waals surface area contributed by atoms with Crippen LogP contribution in [0.3, 0.4) is 0 Å². The fraction of sp³-hybridized carbons (Fsp3) is 0.455. The highest BCUT2D eigenvalue weighted by Crippen LogP contribution is 2.30. The average Bonchev–Trinajstić information content (AvgIpc) is 2.24. The molecule has 0 saturated carbocycles. The van der Waals surface area contributed by atoms with Crippen molar-refractivity contribution in [3.8, 4) is 0 Å². The fourth-order valence-electron chi connectivity index (χ4n) is 1.56. The molecule has 1 atom stereocenters. The highest BCUT2D eigenvalue weighted by molar-refractivity contribution is 7.90. The zero-order chi connectivity index (χ0) is 14.0. The number of halogens is 3. The lowest BCUT2D eigenvalue weighted by molar-refractivity contribution is -0.137. The normalized spacial score (nSPS) is 14.5. The smallest absolute Gasteiger partial charge is 0.396 e. The van der Waals surface area contributed by atoms with Crippen LogP contribution in [0.25, 0.3) is 0 Å². The second-order valence-electron chi connectivity index (χ2n) is 4.09. The highest BCUT2D eigenvalue weighted by Gasteiger charge is 2.30. The van der Waals surface area contributed by atoms with Gasteiger partial charge in [-0.15, -0.1) is 0 Å². The zero-order valence-electron chi connectivity index (χ0n) is 9.61. The van der Waals surface area contributed by atoms with Crippen molar-refractivity contribution in [2.75, 3.05) is 18.6 Å². The SMILES string of the molecule is CS(=O)(=O)CC(CO)c1ccc(C(F)(F)F)cc1. The summed E-state index contributed by atoms with van der Waals surface area (Å²) in [6.45, 7) is -0.432. The Bertz CT molecular complexity index is 491. The molecule has 7 heteroatoms. The first-order chi connectivity index (χ1) is 8.13. The van der Waals surface area contributed by atoms with E-state index in [0.717, 1.165) is 18.4 Å². The van der Waals surface area contributed by atoms with Gasteiger partial charge in [-0.05, 0) is 17.7 Å². The Morgan fingerprint density at radius 2 is 1.72 bits per heavy atom. The topological polar surface area (TPSA) is 54.4 Å². The minimum absolute atomic E-state index is 0.297. The number of benzene rings is 1. The van der Waals surface area contributed by atoms with Crippen molar-refractivity contribution in [3.63, 3.8) is 0 Å². The van der Waals surface area contributed by atoms with Gasteiger partial charge in [0.1, 0.15) is 9.84 Å². The van der Waals surface area contributed by atoms with Gasteiger partial charge in [0, 0.05) is 12.2 Å². The van der Waals surface area contributed by atoms with Gasteiger partial charge < -0.3 is 5.11 Å². The van der Waals surface area contributed by atoms with Crippen molar-refractivity contribution in [2.24, 2.45) is 0 Å². The van der Waals surface area contributed by atoms with Gasteiger partial charge in [-0.2, -0.15) is 13.2 Å². The molecule has 1 N–H and O–H groups in total. The number of aliphatic hydroxyl groups excluding tert-OH is 1. The quantitative estimate of drug-likeness (QED) is 0.916. The molecular weight excluding hydrogens is 269 g/mol. The van der Waals surface area contributed by atoms with Gasteiger partial charge in [-0.1, -0.05) is 12.1 Å². The molecule has 0 aliphatic carbocycles. The molecule has 0 aliphatic rings. The lowest BCUT2D eigenvalue weighted by Gasteiger charge is -2.14. The number of hydrogen-bond acceptors (Lipinski definition) is 3. The summed E-state index contributed by atoms with van der Waals surface area (Å²) in [6.07, 6.45) is -3.41. The van der Waals surface area contributed by atoms with Crippen molar-refractivity contribution in [2.45, 2.75) is 12.1 Å². The first-order valence-corrected chi connectivity index (χ1v) is 7.15. The van der Waals surface area contributed by atoms with Crippen LogP contribution in [0.5, 0.6) is 0 Å². The maximum atomic E-state index is 12.3. The molecular formula is C11H13F3O3S. The molecule has 3 nitrogen and oxygen atoms in total. The second-order valence-corrected chi connectivity index (χ2v) is 6.28. The molecule has 1 rings (SSSR count). The molecule has 0 bridgehead atoms. The summed E-state index contributed by atoms with van der Waals surface area (Å²) in [7, 11) is -3.30. The molecule has 1 unspecified atom stereocenters. The van der Waals surface area contributed by atoms with Crippen LogP contribution in [-0.2, 0) is 16.0 Å². The summed E-state index contributed by atoms with van der Waals surface area (Å²) < 4.78 is 59.2. The summed E-state index contributed by atoms with van der Waals surface area (Å²) in [5, 5.41) is 9.09. The predicted octanol–water partition coefficient (Wildman–Crippen LogP) is 1.83. The Morgan fingerprint density at radius 1 is 1.22 bits per heavy atom. The first kappa shape index (κ1) is 15.0. The molecule has 1 aromatic rings. The molecule has 102 valence electrons. The van der Waals surface area contributed by atoms with Crippen LogP contribution in [-0.4, -0.2) is 32.1 Å². The van der Waals surface area contributed by atoms with E-state index in [1.54, 1.807) is 0 Å². The molecule has 0 aromatic heterocycles. The minimum atomic E-state index is -4.43. The third kappa shape index (κ3) is 4.30. The molecule has 18 heavy (non-hydrogen) atoms. The Kier molecular flexibility index (Phi) is 4.39. The largest absolute Gasteiger partial charge is 0.416 e. The molecule has 0 fully saturated rings. The highest BCUT2D eigenvalue weighted by atomic mass is 32.2. The van der Waals surface area contributed by atoms with E-state index in [1.807, 2.05) is 0 Å². The summed E-state index contributed by atoms with van der Waals surface area (Å²) in [5.41, 5.74) is -0.432. The third-order valence-corrected chi connectivity index (χ3v) is 3.44. The van der Waals surface area contributed by atoms with Gasteiger partial charge in [0.05, 0.1) is 17.9 Å². The number of hydrogen-bond donors (Lipinski definition) is 1. The van der Waals surface area contributed by atoms with E-state index < -0.39 is 34.1 Å². The van der Waals surface area contributed by atoms with E-state index >= 15 is 0 Å². The molecule has 0 saturated heterocycles. The van der Waals surface area contributed by atoms with Gasteiger partial charge in [0.2, 0.25) is 0 Å². The maximum absolute atomic E-state index is 12.3. The van der Waals surface area contributed by atoms with Crippen molar-refractivity contribution in [1.29, 1.82) is 0 Å². The Balaban J connectivity index is 2.96. The molecule has 0 aliphatic heterocycles. The average molecular weight is 282 g/mol. The van der Waals surface area contributed by atoms with E-state index in [1.165, 1.54) is 12.1 Å². The molecule has 0 amide bonds. The standard InChI is InChI=1S/C11H13F3O3S/c1-18(16,17)7-9(6-15)8-2-4-10(5-3-8)11(12,13)14/h2-5,9,15H,6-7H2,1H3. The predicted molar refractivity (Wildman–Crippen MR) is 61.0 cm³/mol. The Labute approximate surface area is 103 Å². The lowest BCUT2D eigenvalue weighted by atomic mass is 10.0.